The van der Waals surface area contributed by atoms with Crippen LogP contribution in [-0.2, 0) is 6.18 Å². The third-order valence-electron chi connectivity index (χ3n) is 3.21. The number of rotatable bonds is 5. The third kappa shape index (κ3) is 4.71. The summed E-state index contributed by atoms with van der Waals surface area (Å²) in [4.78, 5) is 8.84. The van der Waals surface area contributed by atoms with Crippen molar-refractivity contribution < 1.29 is 17.9 Å². The summed E-state index contributed by atoms with van der Waals surface area (Å²) in [7, 11) is 0. The lowest BCUT2D eigenvalue weighted by Crippen LogP contribution is -2.33. The zero-order chi connectivity index (χ0) is 15.3. The molecule has 1 aliphatic heterocycles. The van der Waals surface area contributed by atoms with E-state index in [0.29, 0.717) is 6.54 Å². The fourth-order valence-corrected chi connectivity index (χ4v) is 2.16. The van der Waals surface area contributed by atoms with Gasteiger partial charge in [-0.3, -0.25) is 4.90 Å². The number of nitrogens with two attached hydrogens (primary N) is 1. The second-order valence-electron chi connectivity index (χ2n) is 4.81. The molecule has 0 saturated carbocycles. The van der Waals surface area contributed by atoms with E-state index in [1.807, 2.05) is 0 Å². The monoisotopic (exact) mass is 305 g/mol. The predicted octanol–water partition coefficient (Wildman–Crippen LogP) is 1.65. The zero-order valence-corrected chi connectivity index (χ0v) is 11.5. The molecular formula is C12H18F3N5O. The molecule has 0 bridgehead atoms. The van der Waals surface area contributed by atoms with Crippen molar-refractivity contribution in [1.29, 1.82) is 0 Å². The number of nitrogen functional groups attached to an aromatic ring is 1. The van der Waals surface area contributed by atoms with Crippen molar-refractivity contribution >= 4 is 5.82 Å². The Morgan fingerprint density at radius 1 is 1.24 bits per heavy atom. The molecule has 1 fully saturated rings. The topological polar surface area (TPSA) is 76.3 Å². The minimum absolute atomic E-state index is 0.134. The molecule has 2 heterocycles. The molecule has 1 aliphatic rings. The van der Waals surface area contributed by atoms with Crippen LogP contribution in [0.5, 0.6) is 5.88 Å². The van der Waals surface area contributed by atoms with Crippen molar-refractivity contribution in [3.8, 4) is 5.88 Å². The molecule has 118 valence electrons. The highest BCUT2D eigenvalue weighted by molar-refractivity contribution is 5.37. The number of anilines is 1. The van der Waals surface area contributed by atoms with Gasteiger partial charge >= 0.3 is 6.18 Å². The Hall–Kier alpha value is -1.61. The zero-order valence-electron chi connectivity index (χ0n) is 11.5. The maximum atomic E-state index is 12.6. The van der Waals surface area contributed by atoms with Gasteiger partial charge in [0.05, 0.1) is 0 Å². The minimum Gasteiger partial charge on any atom is -0.476 e. The molecule has 0 spiro atoms. The summed E-state index contributed by atoms with van der Waals surface area (Å²) in [6.45, 7) is 2.93. The number of nitrogens with zero attached hydrogens (tertiary/aromatic N) is 3. The highest BCUT2D eigenvalue weighted by Gasteiger charge is 2.35. The number of alkyl halides is 3. The lowest BCUT2D eigenvalue weighted by Gasteiger charge is -2.26. The summed E-state index contributed by atoms with van der Waals surface area (Å²) < 4.78 is 43.2. The van der Waals surface area contributed by atoms with Crippen LogP contribution in [-0.4, -0.2) is 41.1 Å². The number of nitrogens with one attached hydrogen (secondary N) is 1. The second-order valence-corrected chi connectivity index (χ2v) is 4.81. The molecule has 1 aromatic rings. The molecule has 0 aromatic carbocycles. The Bertz CT molecular complexity index is 463. The van der Waals surface area contributed by atoms with Crippen LogP contribution in [0, 0.1) is 0 Å². The van der Waals surface area contributed by atoms with Gasteiger partial charge in [0.1, 0.15) is 12.4 Å². The highest BCUT2D eigenvalue weighted by Crippen LogP contribution is 2.28. The van der Waals surface area contributed by atoms with Crippen molar-refractivity contribution in [1.82, 2.24) is 14.9 Å². The van der Waals surface area contributed by atoms with Gasteiger partial charge in [-0.1, -0.05) is 6.42 Å². The van der Waals surface area contributed by atoms with Crippen molar-refractivity contribution in [2.45, 2.75) is 25.4 Å². The molecule has 1 aromatic heterocycles. The Balaban J connectivity index is 1.95. The van der Waals surface area contributed by atoms with Crippen LogP contribution < -0.4 is 16.0 Å². The first kappa shape index (κ1) is 15.8. The van der Waals surface area contributed by atoms with Crippen molar-refractivity contribution in [3.63, 3.8) is 0 Å². The largest absolute Gasteiger partial charge is 0.476 e. The molecular weight excluding hydrogens is 287 g/mol. The van der Waals surface area contributed by atoms with Gasteiger partial charge in [0.2, 0.25) is 11.7 Å². The molecule has 2 rings (SSSR count). The number of aromatic nitrogens is 2. The van der Waals surface area contributed by atoms with Crippen LogP contribution in [0.25, 0.3) is 0 Å². The van der Waals surface area contributed by atoms with Crippen LogP contribution in [0.1, 0.15) is 25.1 Å². The molecule has 0 amide bonds. The summed E-state index contributed by atoms with van der Waals surface area (Å²) in [6.07, 6.45) is -1.12. The van der Waals surface area contributed by atoms with E-state index in [9.17, 15) is 13.2 Å². The van der Waals surface area contributed by atoms with Gasteiger partial charge in [-0.25, -0.2) is 10.8 Å². The van der Waals surface area contributed by atoms with Crippen LogP contribution >= 0.6 is 0 Å². The molecule has 0 unspecified atom stereocenters. The Morgan fingerprint density at radius 3 is 2.57 bits per heavy atom. The maximum Gasteiger partial charge on any atom is 0.451 e. The van der Waals surface area contributed by atoms with E-state index < -0.39 is 12.0 Å². The quantitative estimate of drug-likeness (QED) is 0.636. The Kier molecular flexibility index (Phi) is 5.18. The summed E-state index contributed by atoms with van der Waals surface area (Å²) in [5.74, 6) is 3.56. The molecule has 3 N–H and O–H groups in total. The standard InChI is InChI=1S/C12H18F3N5O/c13-12(14,15)11-17-9(19-16)8-10(18-11)21-7-6-20-4-2-1-3-5-20/h8H,1-7,16H2,(H,17,18,19). The van der Waals surface area contributed by atoms with Crippen molar-refractivity contribution in [2.75, 3.05) is 31.7 Å². The van der Waals surface area contributed by atoms with E-state index >= 15 is 0 Å². The molecule has 0 atom stereocenters. The number of piperidine rings is 1. The normalized spacial score (nSPS) is 16.8. The highest BCUT2D eigenvalue weighted by atomic mass is 19.4. The molecule has 9 heteroatoms. The predicted molar refractivity (Wildman–Crippen MR) is 70.6 cm³/mol. The van der Waals surface area contributed by atoms with E-state index in [4.69, 9.17) is 10.6 Å². The van der Waals surface area contributed by atoms with Crippen LogP contribution in [0.15, 0.2) is 6.07 Å². The van der Waals surface area contributed by atoms with Crippen molar-refractivity contribution in [2.24, 2.45) is 5.84 Å². The SMILES string of the molecule is NNc1cc(OCCN2CCCCC2)nc(C(F)(F)F)n1. The first-order valence-electron chi connectivity index (χ1n) is 6.77. The average Bonchev–Trinajstić information content (AvgIpc) is 2.47. The lowest BCUT2D eigenvalue weighted by molar-refractivity contribution is -0.145. The Labute approximate surface area is 120 Å². The number of hydrogen-bond acceptors (Lipinski definition) is 6. The molecule has 0 radical (unpaired) electrons. The van der Waals surface area contributed by atoms with Crippen LogP contribution in [0.3, 0.4) is 0 Å². The third-order valence-corrected chi connectivity index (χ3v) is 3.21. The van der Waals surface area contributed by atoms with Gasteiger partial charge in [0, 0.05) is 12.6 Å². The van der Waals surface area contributed by atoms with E-state index in [1.54, 1.807) is 0 Å². The van der Waals surface area contributed by atoms with E-state index in [2.05, 4.69) is 20.3 Å². The summed E-state index contributed by atoms with van der Waals surface area (Å²) in [6, 6.07) is 1.24. The second kappa shape index (κ2) is 6.90. The molecule has 21 heavy (non-hydrogen) atoms. The number of likely N-dealkylation sites (tertiary alicyclic amines) is 1. The van der Waals surface area contributed by atoms with E-state index in [0.717, 1.165) is 25.9 Å². The smallest absolute Gasteiger partial charge is 0.451 e. The first-order valence-corrected chi connectivity index (χ1v) is 6.77. The van der Waals surface area contributed by atoms with Gasteiger partial charge in [0.25, 0.3) is 0 Å². The molecule has 1 saturated heterocycles. The van der Waals surface area contributed by atoms with Gasteiger partial charge in [-0.15, -0.1) is 0 Å². The summed E-state index contributed by atoms with van der Waals surface area (Å²) in [5, 5.41) is 0. The first-order chi connectivity index (χ1) is 9.99. The summed E-state index contributed by atoms with van der Waals surface area (Å²) in [5.41, 5.74) is 2.08. The van der Waals surface area contributed by atoms with Gasteiger partial charge in [0.15, 0.2) is 0 Å². The number of hydrogen-bond donors (Lipinski definition) is 2. The number of hydrazine groups is 1. The fraction of sp³-hybridized carbons (Fsp3) is 0.667. The Morgan fingerprint density at radius 2 is 1.95 bits per heavy atom. The minimum atomic E-state index is -4.64. The van der Waals surface area contributed by atoms with Gasteiger partial charge in [-0.2, -0.15) is 18.2 Å². The number of halogens is 3. The average molecular weight is 305 g/mol. The molecule has 6 nitrogen and oxygen atoms in total. The maximum absolute atomic E-state index is 12.6. The van der Waals surface area contributed by atoms with Gasteiger partial charge in [-0.05, 0) is 25.9 Å². The lowest BCUT2D eigenvalue weighted by atomic mass is 10.1. The van der Waals surface area contributed by atoms with Crippen LogP contribution in [0.2, 0.25) is 0 Å². The van der Waals surface area contributed by atoms with Crippen molar-refractivity contribution in [3.05, 3.63) is 11.9 Å². The van der Waals surface area contributed by atoms with Crippen LogP contribution in [0.4, 0.5) is 19.0 Å². The van der Waals surface area contributed by atoms with E-state index in [-0.39, 0.29) is 18.3 Å². The van der Waals surface area contributed by atoms with E-state index in [1.165, 1.54) is 12.5 Å². The number of ether oxygens (including phenoxy) is 1. The van der Waals surface area contributed by atoms with Gasteiger partial charge < -0.3 is 10.2 Å². The summed E-state index contributed by atoms with van der Waals surface area (Å²) >= 11 is 0. The fourth-order valence-electron chi connectivity index (χ4n) is 2.16. The molecule has 0 aliphatic carbocycles.